The van der Waals surface area contributed by atoms with Gasteiger partial charge >= 0.3 is 0 Å². The topological polar surface area (TPSA) is 98.0 Å². The molecule has 0 aliphatic heterocycles. The van der Waals surface area contributed by atoms with Crippen molar-refractivity contribution in [1.29, 1.82) is 0 Å². The lowest BCUT2D eigenvalue weighted by atomic mass is 9.99. The Labute approximate surface area is 177 Å². The third-order valence-electron chi connectivity index (χ3n) is 4.75. The molecule has 2 rings (SSSR count). The van der Waals surface area contributed by atoms with Gasteiger partial charge in [0.15, 0.2) is 5.78 Å². The Morgan fingerprint density at radius 2 is 1.73 bits per heavy atom. The van der Waals surface area contributed by atoms with Crippen LogP contribution in [0, 0.1) is 0 Å². The third-order valence-corrected chi connectivity index (χ3v) is 4.75. The number of phenolic OH excluding ortho intramolecular Hbond substituents is 3. The van der Waals surface area contributed by atoms with E-state index in [4.69, 9.17) is 0 Å². The second-order valence-corrected chi connectivity index (χ2v) is 7.60. The number of carbonyl (C=O) groups is 1. The second kappa shape index (κ2) is 9.94. The summed E-state index contributed by atoms with van der Waals surface area (Å²) in [6, 6.07) is 7.61. The van der Waals surface area contributed by atoms with Crippen molar-refractivity contribution >= 4 is 11.9 Å². The molecule has 4 N–H and O–H groups in total. The molecule has 0 aliphatic rings. The van der Waals surface area contributed by atoms with Crippen LogP contribution in [0.2, 0.25) is 0 Å². The molecule has 1 atom stereocenters. The minimum atomic E-state index is -0.773. The number of benzene rings is 2. The Morgan fingerprint density at radius 3 is 2.37 bits per heavy atom. The average Bonchev–Trinajstić information content (AvgIpc) is 2.67. The summed E-state index contributed by atoms with van der Waals surface area (Å²) < 4.78 is 0. The van der Waals surface area contributed by atoms with Crippen molar-refractivity contribution in [1.82, 2.24) is 0 Å². The van der Waals surface area contributed by atoms with Gasteiger partial charge in [-0.25, -0.2) is 0 Å². The second-order valence-electron chi connectivity index (χ2n) is 7.60. The summed E-state index contributed by atoms with van der Waals surface area (Å²) in [6.45, 7) is 9.23. The van der Waals surface area contributed by atoms with Crippen LogP contribution >= 0.6 is 0 Å². The molecule has 0 saturated heterocycles. The molecule has 5 heteroatoms. The molecular formula is C25H28O5. The van der Waals surface area contributed by atoms with E-state index in [1.165, 1.54) is 24.3 Å². The van der Waals surface area contributed by atoms with Gasteiger partial charge in [0.25, 0.3) is 0 Å². The lowest BCUT2D eigenvalue weighted by Gasteiger charge is -2.12. The molecule has 0 aromatic heterocycles. The van der Waals surface area contributed by atoms with E-state index in [1.807, 2.05) is 19.9 Å². The minimum absolute atomic E-state index is 0.0545. The predicted octanol–water partition coefficient (Wildman–Crippen LogP) is 4.69. The summed E-state index contributed by atoms with van der Waals surface area (Å²) in [5.74, 6) is -0.663. The van der Waals surface area contributed by atoms with Crippen molar-refractivity contribution in [3.05, 3.63) is 82.5 Å². The lowest BCUT2D eigenvalue weighted by molar-refractivity contribution is 0.104. The fourth-order valence-electron chi connectivity index (χ4n) is 2.85. The van der Waals surface area contributed by atoms with Crippen LogP contribution in [-0.2, 0) is 12.8 Å². The maximum Gasteiger partial charge on any atom is 0.189 e. The van der Waals surface area contributed by atoms with Gasteiger partial charge in [-0.05, 0) is 68.7 Å². The van der Waals surface area contributed by atoms with Crippen LogP contribution in [0.15, 0.2) is 60.2 Å². The molecule has 0 amide bonds. The van der Waals surface area contributed by atoms with Gasteiger partial charge in [-0.15, -0.1) is 0 Å². The zero-order valence-corrected chi connectivity index (χ0v) is 17.5. The average molecular weight is 408 g/mol. The first-order chi connectivity index (χ1) is 14.1. The van der Waals surface area contributed by atoms with Crippen molar-refractivity contribution in [2.75, 3.05) is 0 Å². The number of ketones is 1. The van der Waals surface area contributed by atoms with Crippen LogP contribution in [0.25, 0.3) is 6.08 Å². The number of hydrogen-bond acceptors (Lipinski definition) is 5. The van der Waals surface area contributed by atoms with Gasteiger partial charge in [0.05, 0.1) is 11.7 Å². The molecule has 2 aromatic carbocycles. The number of aliphatic hydroxyl groups is 1. The largest absolute Gasteiger partial charge is 0.508 e. The molecule has 0 saturated carbocycles. The maximum absolute atomic E-state index is 12.6. The summed E-state index contributed by atoms with van der Waals surface area (Å²) in [5.41, 5.74) is 3.22. The lowest BCUT2D eigenvalue weighted by Crippen LogP contribution is -2.11. The molecular weight excluding hydrogens is 380 g/mol. The van der Waals surface area contributed by atoms with Crippen molar-refractivity contribution < 1.29 is 25.2 Å². The number of carbonyl (C=O) groups excluding carboxylic acids is 1. The Hall–Kier alpha value is -3.31. The first-order valence-corrected chi connectivity index (χ1v) is 9.65. The van der Waals surface area contributed by atoms with E-state index < -0.39 is 11.9 Å². The van der Waals surface area contributed by atoms with Gasteiger partial charge in [-0.2, -0.15) is 0 Å². The van der Waals surface area contributed by atoms with Gasteiger partial charge in [0.1, 0.15) is 17.2 Å². The van der Waals surface area contributed by atoms with Crippen LogP contribution in [0.4, 0.5) is 0 Å². The Bertz CT molecular complexity index is 1010. The van der Waals surface area contributed by atoms with E-state index >= 15 is 0 Å². The molecule has 5 nitrogen and oxygen atoms in total. The summed E-state index contributed by atoms with van der Waals surface area (Å²) in [4.78, 5) is 12.6. The molecule has 158 valence electrons. The van der Waals surface area contributed by atoms with Crippen LogP contribution in [-0.4, -0.2) is 32.3 Å². The fourth-order valence-corrected chi connectivity index (χ4v) is 2.85. The summed E-state index contributed by atoms with van der Waals surface area (Å²) in [6.07, 6.45) is 4.50. The number of phenols is 3. The van der Waals surface area contributed by atoms with Gasteiger partial charge in [-0.3, -0.25) is 4.79 Å². The number of aliphatic hydroxyl groups excluding tert-OH is 1. The monoisotopic (exact) mass is 408 g/mol. The fraction of sp³-hybridized carbons (Fsp3) is 0.240. The van der Waals surface area contributed by atoms with E-state index in [-0.39, 0.29) is 29.2 Å². The molecule has 0 radical (unpaired) electrons. The van der Waals surface area contributed by atoms with Crippen LogP contribution in [0.1, 0.15) is 47.8 Å². The van der Waals surface area contributed by atoms with E-state index in [1.54, 1.807) is 25.1 Å². The summed E-state index contributed by atoms with van der Waals surface area (Å²) in [5, 5.41) is 40.5. The van der Waals surface area contributed by atoms with Gasteiger partial charge in [-0.1, -0.05) is 35.9 Å². The SMILES string of the molecule is C=C(C)[C@H](O)Cc1cc(C=CC(=O)c2ccc(O)c(CC=C(C)C)c2O)ccc1O. The minimum Gasteiger partial charge on any atom is -0.508 e. The number of rotatable bonds is 8. The van der Waals surface area contributed by atoms with E-state index in [0.717, 1.165) is 5.57 Å². The number of hydrogen-bond donors (Lipinski definition) is 4. The Balaban J connectivity index is 2.27. The zero-order chi connectivity index (χ0) is 22.4. The van der Waals surface area contributed by atoms with Crippen molar-refractivity contribution in [2.24, 2.45) is 0 Å². The first-order valence-electron chi connectivity index (χ1n) is 9.65. The smallest absolute Gasteiger partial charge is 0.189 e. The van der Waals surface area contributed by atoms with Gasteiger partial charge < -0.3 is 20.4 Å². The summed E-state index contributed by atoms with van der Waals surface area (Å²) >= 11 is 0. The van der Waals surface area contributed by atoms with Gasteiger partial charge in [0, 0.05) is 12.0 Å². The van der Waals surface area contributed by atoms with Crippen molar-refractivity contribution in [3.63, 3.8) is 0 Å². The molecule has 2 aromatic rings. The summed E-state index contributed by atoms with van der Waals surface area (Å²) in [7, 11) is 0. The molecule has 30 heavy (non-hydrogen) atoms. The van der Waals surface area contributed by atoms with Crippen LogP contribution in [0.3, 0.4) is 0 Å². The van der Waals surface area contributed by atoms with E-state index in [9.17, 15) is 25.2 Å². The number of allylic oxidation sites excluding steroid dienone is 3. The molecule has 0 fully saturated rings. The predicted molar refractivity (Wildman–Crippen MR) is 119 cm³/mol. The maximum atomic E-state index is 12.6. The molecule has 0 unspecified atom stereocenters. The zero-order valence-electron chi connectivity index (χ0n) is 17.5. The van der Waals surface area contributed by atoms with Crippen LogP contribution < -0.4 is 0 Å². The first kappa shape index (κ1) is 23.0. The third kappa shape index (κ3) is 5.84. The van der Waals surface area contributed by atoms with Crippen molar-refractivity contribution in [3.8, 4) is 17.2 Å². The molecule has 0 aliphatic carbocycles. The van der Waals surface area contributed by atoms with E-state index in [0.29, 0.717) is 28.7 Å². The highest BCUT2D eigenvalue weighted by Gasteiger charge is 2.16. The Kier molecular flexibility index (Phi) is 7.61. The number of aromatic hydroxyl groups is 3. The van der Waals surface area contributed by atoms with Gasteiger partial charge in [0.2, 0.25) is 0 Å². The molecule has 0 spiro atoms. The highest BCUT2D eigenvalue weighted by molar-refractivity contribution is 6.09. The van der Waals surface area contributed by atoms with Crippen LogP contribution in [0.5, 0.6) is 17.2 Å². The van der Waals surface area contributed by atoms with E-state index in [2.05, 4.69) is 6.58 Å². The molecule has 0 bridgehead atoms. The highest BCUT2D eigenvalue weighted by atomic mass is 16.3. The standard InChI is InChI=1S/C25H28O5/c1-15(2)5-8-19-23(28)12-9-20(25(19)30)22(27)11-7-17-6-10-21(26)18(13-17)14-24(29)16(3)4/h5-7,9-13,24,26,28-30H,3,8,14H2,1-2,4H3/t24-/m1/s1. The molecule has 0 heterocycles. The quantitative estimate of drug-likeness (QED) is 0.289. The normalized spacial score (nSPS) is 12.0. The highest BCUT2D eigenvalue weighted by Crippen LogP contribution is 2.32. The van der Waals surface area contributed by atoms with Crippen molar-refractivity contribution in [2.45, 2.75) is 39.7 Å². The Morgan fingerprint density at radius 1 is 1.07 bits per heavy atom.